The van der Waals surface area contributed by atoms with Crippen LogP contribution in [0, 0.1) is 24.7 Å². The van der Waals surface area contributed by atoms with E-state index in [0.29, 0.717) is 37.6 Å². The number of benzene rings is 2. The van der Waals surface area contributed by atoms with Crippen molar-refractivity contribution < 1.29 is 38.9 Å². The van der Waals surface area contributed by atoms with Crippen molar-refractivity contribution in [1.29, 1.82) is 0 Å². The Labute approximate surface area is 483 Å². The highest BCUT2D eigenvalue weighted by atomic mass is 16.6. The summed E-state index contributed by atoms with van der Waals surface area (Å²) in [6.07, 6.45) is 15.8. The van der Waals surface area contributed by atoms with E-state index in [1.165, 1.54) is 11.1 Å². The van der Waals surface area contributed by atoms with Gasteiger partial charge in [-0.05, 0) is 65.2 Å². The molecule has 6 aromatic rings. The van der Waals surface area contributed by atoms with E-state index in [1.54, 1.807) is 46.5 Å². The highest BCUT2D eigenvalue weighted by molar-refractivity contribution is 5.94. The van der Waals surface area contributed by atoms with Crippen LogP contribution >= 0.6 is 0 Å². The number of aryl methyl sites for hydroxylation is 2. The van der Waals surface area contributed by atoms with Gasteiger partial charge in [0.1, 0.15) is 23.8 Å². The van der Waals surface area contributed by atoms with Gasteiger partial charge in [0.15, 0.2) is 12.2 Å². The maximum absolute atomic E-state index is 13.1. The summed E-state index contributed by atoms with van der Waals surface area (Å²) in [6, 6.07) is 18.7. The van der Waals surface area contributed by atoms with E-state index < -0.39 is 60.5 Å². The van der Waals surface area contributed by atoms with E-state index in [1.807, 2.05) is 139 Å². The van der Waals surface area contributed by atoms with Crippen LogP contribution in [0.3, 0.4) is 0 Å². The predicted octanol–water partition coefficient (Wildman–Crippen LogP) is 11.0. The molecule has 82 heavy (non-hydrogen) atoms. The van der Waals surface area contributed by atoms with Crippen molar-refractivity contribution in [2.75, 3.05) is 10.6 Å². The second kappa shape index (κ2) is 28.6. The summed E-state index contributed by atoms with van der Waals surface area (Å²) < 4.78 is 19.3. The van der Waals surface area contributed by atoms with Gasteiger partial charge in [-0.3, -0.25) is 9.59 Å². The third kappa shape index (κ3) is 17.4. The van der Waals surface area contributed by atoms with Gasteiger partial charge in [0.2, 0.25) is 0 Å². The highest BCUT2D eigenvalue weighted by Crippen LogP contribution is 2.35. The van der Waals surface area contributed by atoms with Crippen LogP contribution in [0.25, 0.3) is 22.5 Å². The fourth-order valence-corrected chi connectivity index (χ4v) is 9.56. The van der Waals surface area contributed by atoms with Crippen molar-refractivity contribution in [2.24, 2.45) is 10.8 Å². The van der Waals surface area contributed by atoms with Gasteiger partial charge in [-0.25, -0.2) is 28.9 Å². The number of hydrogen-bond donors (Lipinski definition) is 6. The Morgan fingerprint density at radius 2 is 0.951 bits per heavy atom. The number of nitrogens with one attached hydrogen (secondary N) is 4. The molecular weight excluding hydrogens is 1040 g/mol. The minimum Gasteiger partial charge on any atom is -0.444 e. The molecule has 6 atom stereocenters. The predicted molar refractivity (Wildman–Crippen MR) is 317 cm³/mol. The molecule has 0 radical (unpaired) electrons. The van der Waals surface area contributed by atoms with Crippen LogP contribution in [-0.4, -0.2) is 109 Å². The number of anilines is 2. The van der Waals surface area contributed by atoms with Crippen LogP contribution in [0.1, 0.15) is 156 Å². The minimum atomic E-state index is -1.45. The zero-order valence-corrected chi connectivity index (χ0v) is 49.7. The minimum absolute atomic E-state index is 0.263. The third-order valence-electron chi connectivity index (χ3n) is 15.5. The maximum atomic E-state index is 13.1. The molecule has 2 aliphatic carbocycles. The van der Waals surface area contributed by atoms with E-state index in [2.05, 4.69) is 41.4 Å². The molecule has 0 aliphatic heterocycles. The standard InChI is InChI=1S/2C31H44N6O4/c2*1-6-7-11-24(28(38)29(39)35-27-16-17-33-37(27)23-9-8-10-23)34-30(40)41-26(31(3,4)5)19-36-18-25(32-20-36)22-14-12-21(2)13-15-22/h2*12-18,20,23-24,26,28,38H,6-11,19H2,1-5H3,(H,34,40)(H,35,39)/t24-,26+,28+;24-,26+,28-/m00/s1. The van der Waals surface area contributed by atoms with E-state index in [9.17, 15) is 29.4 Å². The molecule has 20 heteroatoms. The van der Waals surface area contributed by atoms with E-state index >= 15 is 0 Å². The molecule has 2 fully saturated rings. The zero-order valence-electron chi connectivity index (χ0n) is 49.7. The molecule has 4 heterocycles. The van der Waals surface area contributed by atoms with Crippen LogP contribution < -0.4 is 21.3 Å². The number of hydrogen-bond acceptors (Lipinski definition) is 12. The molecule has 0 saturated heterocycles. The van der Waals surface area contributed by atoms with Crippen molar-refractivity contribution in [3.05, 3.63) is 109 Å². The Hall–Kier alpha value is -7.32. The smallest absolute Gasteiger partial charge is 0.407 e. The van der Waals surface area contributed by atoms with Crippen LogP contribution in [0.5, 0.6) is 0 Å². The van der Waals surface area contributed by atoms with Crippen LogP contribution in [0.2, 0.25) is 0 Å². The first kappa shape index (κ1) is 62.3. The van der Waals surface area contributed by atoms with Crippen molar-refractivity contribution in [2.45, 2.75) is 208 Å². The lowest BCUT2D eigenvalue weighted by atomic mass is 9.89. The first-order chi connectivity index (χ1) is 39.1. The number of unbranched alkanes of at least 4 members (excludes halogenated alkanes) is 2. The average molecular weight is 1130 g/mol. The lowest BCUT2D eigenvalue weighted by Crippen LogP contribution is -2.50. The molecule has 4 amide bonds. The molecule has 444 valence electrons. The summed E-state index contributed by atoms with van der Waals surface area (Å²) in [5, 5.41) is 41.8. The Kier molecular flexibility index (Phi) is 21.7. The van der Waals surface area contributed by atoms with Crippen molar-refractivity contribution in [3.63, 3.8) is 0 Å². The first-order valence-corrected chi connectivity index (χ1v) is 29.3. The fraction of sp³-hybridized carbons (Fsp3) is 0.548. The molecule has 2 aliphatic rings. The van der Waals surface area contributed by atoms with Gasteiger partial charge in [-0.1, -0.05) is 141 Å². The topological polar surface area (TPSA) is 247 Å². The molecule has 0 bridgehead atoms. The van der Waals surface area contributed by atoms with E-state index in [0.717, 1.165) is 86.7 Å². The molecule has 2 saturated carbocycles. The summed E-state index contributed by atoms with van der Waals surface area (Å²) in [5.41, 5.74) is 5.33. The summed E-state index contributed by atoms with van der Waals surface area (Å²) in [7, 11) is 0. The van der Waals surface area contributed by atoms with Crippen molar-refractivity contribution >= 4 is 35.6 Å². The molecule has 0 unspecified atom stereocenters. The Morgan fingerprint density at radius 3 is 1.27 bits per heavy atom. The van der Waals surface area contributed by atoms with E-state index in [4.69, 9.17) is 9.47 Å². The van der Waals surface area contributed by atoms with Gasteiger partial charge in [0, 0.05) is 46.5 Å². The Bertz CT molecular complexity index is 2780. The van der Waals surface area contributed by atoms with Crippen molar-refractivity contribution in [1.82, 2.24) is 49.3 Å². The van der Waals surface area contributed by atoms with Gasteiger partial charge < -0.3 is 50.1 Å². The second-order valence-electron chi connectivity index (χ2n) is 24.3. The summed E-state index contributed by atoms with van der Waals surface area (Å²) >= 11 is 0. The number of aliphatic hydroxyl groups excluding tert-OH is 2. The molecule has 2 aromatic carbocycles. The number of nitrogens with zero attached hydrogens (tertiary/aromatic N) is 8. The highest BCUT2D eigenvalue weighted by Gasteiger charge is 2.35. The van der Waals surface area contributed by atoms with Gasteiger partial charge in [0.05, 0.1) is 73.7 Å². The number of amides is 4. The number of aliphatic hydroxyl groups is 2. The SMILES string of the molecule is CCCC[C@H](NC(=O)O[C@H](Cn1cnc(-c2ccc(C)cc2)c1)C(C)(C)C)[C@@H](O)C(=O)Nc1ccnn1C1CCC1.CCCC[C@H](NC(=O)O[C@H](Cn1cnc(-c2ccc(C)cc2)c1)C(C)(C)C)[C@H](O)C(=O)Nc1ccnn1C1CCC1. The van der Waals surface area contributed by atoms with Crippen LogP contribution in [-0.2, 0) is 32.2 Å². The van der Waals surface area contributed by atoms with Crippen LogP contribution in [0.4, 0.5) is 21.2 Å². The lowest BCUT2D eigenvalue weighted by Gasteiger charge is -2.32. The Balaban J connectivity index is 0.000000236. The van der Waals surface area contributed by atoms with Crippen molar-refractivity contribution in [3.8, 4) is 22.5 Å². The van der Waals surface area contributed by atoms with Gasteiger partial charge >= 0.3 is 12.2 Å². The van der Waals surface area contributed by atoms with E-state index in [-0.39, 0.29) is 22.9 Å². The second-order valence-corrected chi connectivity index (χ2v) is 24.3. The molecule has 20 nitrogen and oxygen atoms in total. The molecule has 8 rings (SSSR count). The normalized spacial score (nSPS) is 16.0. The molecule has 4 aromatic heterocycles. The zero-order chi connectivity index (χ0) is 59.1. The van der Waals surface area contributed by atoms with Gasteiger partial charge in [-0.2, -0.15) is 10.2 Å². The number of aromatic nitrogens is 8. The maximum Gasteiger partial charge on any atom is 0.407 e. The Morgan fingerprint density at radius 1 is 0.585 bits per heavy atom. The summed E-state index contributed by atoms with van der Waals surface area (Å²) in [4.78, 5) is 61.4. The number of alkyl carbamates (subject to hydrolysis) is 2. The average Bonchev–Trinajstić information content (AvgIpc) is 4.31. The first-order valence-electron chi connectivity index (χ1n) is 29.3. The van der Waals surface area contributed by atoms with Crippen LogP contribution in [0.15, 0.2) is 98.1 Å². The molecule has 0 spiro atoms. The largest absolute Gasteiger partial charge is 0.444 e. The van der Waals surface area contributed by atoms with Gasteiger partial charge in [0.25, 0.3) is 11.8 Å². The fourth-order valence-electron chi connectivity index (χ4n) is 9.56. The monoisotopic (exact) mass is 1130 g/mol. The summed E-state index contributed by atoms with van der Waals surface area (Å²) in [5.74, 6) is -0.0637. The molecular formula is C62H88N12O8. The third-order valence-corrected chi connectivity index (χ3v) is 15.5. The summed E-state index contributed by atoms with van der Waals surface area (Å²) in [6.45, 7) is 21.0. The lowest BCUT2D eigenvalue weighted by molar-refractivity contribution is -0.126. The number of carbonyl (C=O) groups excluding carboxylic acids is 4. The molecule has 6 N–H and O–H groups in total. The number of carbonyl (C=O) groups is 4. The number of ether oxygens (including phenoxy) is 2. The number of imidazole rings is 2. The quantitative estimate of drug-likeness (QED) is 0.0331. The number of rotatable bonds is 24. The van der Waals surface area contributed by atoms with Gasteiger partial charge in [-0.15, -0.1) is 0 Å².